The first kappa shape index (κ1) is 13.2. The van der Waals surface area contributed by atoms with Crippen LogP contribution in [0.15, 0.2) is 30.5 Å². The van der Waals surface area contributed by atoms with Gasteiger partial charge in [0.25, 0.3) is 0 Å². The molecule has 0 saturated heterocycles. The van der Waals surface area contributed by atoms with Crippen LogP contribution < -0.4 is 0 Å². The molecule has 20 heavy (non-hydrogen) atoms. The quantitative estimate of drug-likeness (QED) is 0.672. The normalized spacial score (nSPS) is 12.4. The number of hydrogen-bond donors (Lipinski definition) is 0. The molecule has 1 aromatic carbocycles. The van der Waals surface area contributed by atoms with Gasteiger partial charge in [0.15, 0.2) is 0 Å². The van der Waals surface area contributed by atoms with Crippen LogP contribution in [-0.4, -0.2) is 20.7 Å². The SMILES string of the molecule is FC(F)(F)Cn1c(CCl)nc2cnc3ccccc3c21. The van der Waals surface area contributed by atoms with Gasteiger partial charge in [0, 0.05) is 5.39 Å². The largest absolute Gasteiger partial charge is 0.406 e. The third-order valence-corrected chi connectivity index (χ3v) is 3.25. The molecule has 0 atom stereocenters. The van der Waals surface area contributed by atoms with E-state index in [2.05, 4.69) is 9.97 Å². The van der Waals surface area contributed by atoms with Gasteiger partial charge in [0.05, 0.1) is 23.1 Å². The molecular weight excluding hydrogens is 291 g/mol. The number of nitrogens with zero attached hydrogens (tertiary/aromatic N) is 3. The number of alkyl halides is 4. The average molecular weight is 300 g/mol. The summed E-state index contributed by atoms with van der Waals surface area (Å²) >= 11 is 5.71. The number of benzene rings is 1. The Morgan fingerprint density at radius 1 is 1.15 bits per heavy atom. The molecule has 3 nitrogen and oxygen atoms in total. The maximum Gasteiger partial charge on any atom is 0.406 e. The Labute approximate surface area is 117 Å². The minimum atomic E-state index is -4.33. The fourth-order valence-corrected chi connectivity index (χ4v) is 2.47. The molecule has 104 valence electrons. The monoisotopic (exact) mass is 299 g/mol. The molecule has 0 aliphatic rings. The fourth-order valence-electron chi connectivity index (χ4n) is 2.26. The zero-order chi connectivity index (χ0) is 14.3. The van der Waals surface area contributed by atoms with Gasteiger partial charge in [-0.2, -0.15) is 13.2 Å². The van der Waals surface area contributed by atoms with Gasteiger partial charge in [-0.15, -0.1) is 11.6 Å². The first-order valence-corrected chi connectivity index (χ1v) is 6.38. The fraction of sp³-hybridized carbons (Fsp3) is 0.231. The van der Waals surface area contributed by atoms with Crippen molar-refractivity contribution in [2.24, 2.45) is 0 Å². The molecule has 0 aliphatic heterocycles. The molecule has 0 spiro atoms. The summed E-state index contributed by atoms with van der Waals surface area (Å²) in [6, 6.07) is 7.03. The van der Waals surface area contributed by atoms with Crippen molar-refractivity contribution in [1.29, 1.82) is 0 Å². The second-order valence-corrected chi connectivity index (χ2v) is 4.64. The number of hydrogen-bond acceptors (Lipinski definition) is 2. The van der Waals surface area contributed by atoms with Gasteiger partial charge in [-0.25, -0.2) is 4.98 Å². The van der Waals surface area contributed by atoms with E-state index < -0.39 is 12.7 Å². The zero-order valence-corrected chi connectivity index (χ0v) is 10.9. The van der Waals surface area contributed by atoms with Crippen molar-refractivity contribution < 1.29 is 13.2 Å². The predicted octanol–water partition coefficient (Wildman–Crippen LogP) is 3.89. The number of rotatable bonds is 2. The number of halogens is 4. The summed E-state index contributed by atoms with van der Waals surface area (Å²) < 4.78 is 39.4. The van der Waals surface area contributed by atoms with E-state index in [1.54, 1.807) is 24.3 Å². The molecule has 3 aromatic rings. The van der Waals surface area contributed by atoms with Crippen molar-refractivity contribution >= 4 is 33.5 Å². The average Bonchev–Trinajstić information content (AvgIpc) is 2.75. The minimum absolute atomic E-state index is 0.0842. The third-order valence-electron chi connectivity index (χ3n) is 3.02. The maximum absolute atomic E-state index is 12.8. The van der Waals surface area contributed by atoms with E-state index in [4.69, 9.17) is 11.6 Å². The van der Waals surface area contributed by atoms with Crippen LogP contribution in [0, 0.1) is 0 Å². The second-order valence-electron chi connectivity index (χ2n) is 4.37. The molecule has 7 heteroatoms. The van der Waals surface area contributed by atoms with Gasteiger partial charge in [-0.1, -0.05) is 18.2 Å². The molecule has 2 aromatic heterocycles. The number of aromatic nitrogens is 3. The predicted molar refractivity (Wildman–Crippen MR) is 70.6 cm³/mol. The van der Waals surface area contributed by atoms with E-state index in [0.717, 1.165) is 4.57 Å². The van der Waals surface area contributed by atoms with Crippen molar-refractivity contribution in [2.45, 2.75) is 18.6 Å². The highest BCUT2D eigenvalue weighted by molar-refractivity contribution is 6.17. The molecule has 3 rings (SSSR count). The topological polar surface area (TPSA) is 30.7 Å². The number of fused-ring (bicyclic) bond motifs is 3. The van der Waals surface area contributed by atoms with E-state index in [9.17, 15) is 13.2 Å². The Hall–Kier alpha value is -1.82. The zero-order valence-electron chi connectivity index (χ0n) is 10.2. The Balaban J connectivity index is 2.37. The summed E-state index contributed by atoms with van der Waals surface area (Å²) in [5, 5.41) is 0.637. The summed E-state index contributed by atoms with van der Waals surface area (Å²) in [5.41, 5.74) is 1.47. The van der Waals surface area contributed by atoms with Crippen LogP contribution in [0.4, 0.5) is 13.2 Å². The lowest BCUT2D eigenvalue weighted by atomic mass is 10.2. The van der Waals surface area contributed by atoms with Gasteiger partial charge in [0.1, 0.15) is 17.9 Å². The van der Waals surface area contributed by atoms with E-state index >= 15 is 0 Å². The first-order chi connectivity index (χ1) is 9.49. The minimum Gasteiger partial charge on any atom is -0.317 e. The lowest BCUT2D eigenvalue weighted by Gasteiger charge is -2.11. The third kappa shape index (κ3) is 2.20. The van der Waals surface area contributed by atoms with E-state index in [-0.39, 0.29) is 11.7 Å². The van der Waals surface area contributed by atoms with E-state index in [0.29, 0.717) is 21.9 Å². The van der Waals surface area contributed by atoms with Crippen LogP contribution in [0.25, 0.3) is 21.9 Å². The van der Waals surface area contributed by atoms with Crippen LogP contribution in [0.5, 0.6) is 0 Å². The maximum atomic E-state index is 12.8. The Morgan fingerprint density at radius 3 is 2.60 bits per heavy atom. The number of para-hydroxylation sites is 1. The Morgan fingerprint density at radius 2 is 1.90 bits per heavy atom. The van der Waals surface area contributed by atoms with Crippen LogP contribution in [0.1, 0.15) is 5.82 Å². The van der Waals surface area contributed by atoms with Gasteiger partial charge >= 0.3 is 6.18 Å². The Kier molecular flexibility index (Phi) is 3.05. The second kappa shape index (κ2) is 4.63. The Bertz CT molecular complexity index is 779. The molecule has 0 N–H and O–H groups in total. The van der Waals surface area contributed by atoms with Crippen LogP contribution >= 0.6 is 11.6 Å². The molecule has 0 bridgehead atoms. The van der Waals surface area contributed by atoms with E-state index in [1.807, 2.05) is 0 Å². The lowest BCUT2D eigenvalue weighted by molar-refractivity contribution is -0.140. The molecule has 0 fully saturated rings. The smallest absolute Gasteiger partial charge is 0.317 e. The standard InChI is InChI=1S/C13H9ClF3N3/c14-5-11-19-10-6-18-9-4-2-1-3-8(9)12(10)20(11)7-13(15,16)17/h1-4,6H,5,7H2. The van der Waals surface area contributed by atoms with Crippen molar-refractivity contribution in [1.82, 2.24) is 14.5 Å². The highest BCUT2D eigenvalue weighted by Crippen LogP contribution is 2.28. The van der Waals surface area contributed by atoms with Crippen LogP contribution in [-0.2, 0) is 12.4 Å². The van der Waals surface area contributed by atoms with Crippen molar-refractivity contribution in [2.75, 3.05) is 0 Å². The molecule has 0 unspecified atom stereocenters. The summed E-state index contributed by atoms with van der Waals surface area (Å²) in [6.07, 6.45) is -2.86. The summed E-state index contributed by atoms with van der Waals surface area (Å²) in [7, 11) is 0. The number of imidazole rings is 1. The van der Waals surface area contributed by atoms with Gasteiger partial charge in [-0.3, -0.25) is 4.98 Å². The van der Waals surface area contributed by atoms with Crippen LogP contribution in [0.3, 0.4) is 0 Å². The summed E-state index contributed by atoms with van der Waals surface area (Å²) in [6.45, 7) is -1.11. The van der Waals surface area contributed by atoms with Crippen molar-refractivity contribution in [3.05, 3.63) is 36.3 Å². The molecule has 0 radical (unpaired) electrons. The van der Waals surface area contributed by atoms with E-state index in [1.165, 1.54) is 6.20 Å². The number of pyridine rings is 1. The van der Waals surface area contributed by atoms with Gasteiger partial charge < -0.3 is 4.57 Å². The molecule has 0 amide bonds. The van der Waals surface area contributed by atoms with Gasteiger partial charge in [-0.05, 0) is 6.07 Å². The van der Waals surface area contributed by atoms with Gasteiger partial charge in [0.2, 0.25) is 0 Å². The first-order valence-electron chi connectivity index (χ1n) is 5.85. The molecule has 0 saturated carbocycles. The van der Waals surface area contributed by atoms with Crippen molar-refractivity contribution in [3.8, 4) is 0 Å². The van der Waals surface area contributed by atoms with Crippen LogP contribution in [0.2, 0.25) is 0 Å². The van der Waals surface area contributed by atoms with Crippen molar-refractivity contribution in [3.63, 3.8) is 0 Å². The summed E-state index contributed by atoms with van der Waals surface area (Å²) in [4.78, 5) is 8.33. The highest BCUT2D eigenvalue weighted by atomic mass is 35.5. The highest BCUT2D eigenvalue weighted by Gasteiger charge is 2.30. The molecular formula is C13H9ClF3N3. The molecule has 2 heterocycles. The summed E-state index contributed by atoms with van der Waals surface area (Å²) in [5.74, 6) is 0.108. The lowest BCUT2D eigenvalue weighted by Crippen LogP contribution is -2.19. The molecule has 0 aliphatic carbocycles.